The Hall–Kier alpha value is -3.00. The van der Waals surface area contributed by atoms with Crippen LogP contribution >= 0.6 is 11.3 Å². The third-order valence-corrected chi connectivity index (χ3v) is 5.96. The number of aromatic nitrogens is 3. The van der Waals surface area contributed by atoms with E-state index in [4.69, 9.17) is 0 Å². The number of hydrogen-bond acceptors (Lipinski definition) is 5. The van der Waals surface area contributed by atoms with Crippen LogP contribution in [0.1, 0.15) is 35.9 Å². The number of thiazole rings is 1. The first kappa shape index (κ1) is 19.3. The Morgan fingerprint density at radius 1 is 1.24 bits per heavy atom. The highest BCUT2D eigenvalue weighted by atomic mass is 32.1. The standard InChI is InChI=1S/C21H23N5O2S/c1-2-25-12-10-17(24-25)21(28)26-11-6-9-18(26)19(27)22-13-16-14-29-20(23-16)15-7-4-3-5-8-15/h3-5,7-8,10,12,14,18H,2,6,9,11,13H2,1H3,(H,22,27). The molecule has 1 N–H and O–H groups in total. The van der Waals surface area contributed by atoms with Gasteiger partial charge in [-0.15, -0.1) is 11.3 Å². The minimum absolute atomic E-state index is 0.139. The van der Waals surface area contributed by atoms with Gasteiger partial charge in [0.1, 0.15) is 16.7 Å². The number of rotatable bonds is 6. The van der Waals surface area contributed by atoms with Crippen molar-refractivity contribution in [1.29, 1.82) is 0 Å². The first-order chi connectivity index (χ1) is 14.2. The number of carbonyl (C=O) groups excluding carboxylic acids is 2. The second-order valence-electron chi connectivity index (χ2n) is 6.94. The fourth-order valence-electron chi connectivity index (χ4n) is 3.48. The highest BCUT2D eigenvalue weighted by Gasteiger charge is 2.35. The molecule has 2 amide bonds. The Labute approximate surface area is 173 Å². The molecule has 2 aromatic heterocycles. The summed E-state index contributed by atoms with van der Waals surface area (Å²) in [5.41, 5.74) is 2.27. The summed E-state index contributed by atoms with van der Waals surface area (Å²) in [5.74, 6) is -0.324. The molecule has 1 aromatic carbocycles. The zero-order chi connectivity index (χ0) is 20.2. The molecule has 3 aromatic rings. The maximum atomic E-state index is 12.8. The summed E-state index contributed by atoms with van der Waals surface area (Å²) in [6.45, 7) is 3.60. The molecular formula is C21H23N5O2S. The van der Waals surface area contributed by atoms with Crippen LogP contribution in [0.25, 0.3) is 10.6 Å². The Kier molecular flexibility index (Phi) is 5.71. The molecule has 1 unspecified atom stereocenters. The molecule has 7 nitrogen and oxygen atoms in total. The normalized spacial score (nSPS) is 16.2. The molecule has 1 atom stereocenters. The van der Waals surface area contributed by atoms with E-state index in [1.54, 1.807) is 33.2 Å². The second-order valence-corrected chi connectivity index (χ2v) is 7.80. The van der Waals surface area contributed by atoms with Gasteiger partial charge in [-0.05, 0) is 25.8 Å². The second kappa shape index (κ2) is 8.57. The van der Waals surface area contributed by atoms with Crippen molar-refractivity contribution in [2.75, 3.05) is 6.54 Å². The van der Waals surface area contributed by atoms with E-state index in [-0.39, 0.29) is 11.8 Å². The zero-order valence-corrected chi connectivity index (χ0v) is 17.1. The maximum Gasteiger partial charge on any atom is 0.275 e. The summed E-state index contributed by atoms with van der Waals surface area (Å²) in [5, 5.41) is 10.1. The van der Waals surface area contributed by atoms with Gasteiger partial charge in [0.2, 0.25) is 5.91 Å². The number of likely N-dealkylation sites (tertiary alicyclic amines) is 1. The predicted molar refractivity (Wildman–Crippen MR) is 111 cm³/mol. The molecule has 1 saturated heterocycles. The topological polar surface area (TPSA) is 80.1 Å². The lowest BCUT2D eigenvalue weighted by Crippen LogP contribution is -2.45. The van der Waals surface area contributed by atoms with Crippen LogP contribution < -0.4 is 5.32 Å². The van der Waals surface area contributed by atoms with Crippen LogP contribution in [0, 0.1) is 0 Å². The summed E-state index contributed by atoms with van der Waals surface area (Å²) in [4.78, 5) is 31.8. The van der Waals surface area contributed by atoms with E-state index in [1.807, 2.05) is 42.6 Å². The highest BCUT2D eigenvalue weighted by molar-refractivity contribution is 7.13. The molecule has 1 fully saturated rings. The molecule has 1 aliphatic heterocycles. The molecule has 150 valence electrons. The van der Waals surface area contributed by atoms with Crippen molar-refractivity contribution in [3.8, 4) is 10.6 Å². The lowest BCUT2D eigenvalue weighted by Gasteiger charge is -2.23. The lowest BCUT2D eigenvalue weighted by molar-refractivity contribution is -0.125. The lowest BCUT2D eigenvalue weighted by atomic mass is 10.2. The molecule has 4 rings (SSSR count). The van der Waals surface area contributed by atoms with E-state index in [9.17, 15) is 9.59 Å². The molecule has 0 aliphatic carbocycles. The molecule has 8 heteroatoms. The monoisotopic (exact) mass is 409 g/mol. The van der Waals surface area contributed by atoms with Crippen molar-refractivity contribution in [3.63, 3.8) is 0 Å². The third-order valence-electron chi connectivity index (χ3n) is 5.02. The average molecular weight is 410 g/mol. The van der Waals surface area contributed by atoms with Crippen LogP contribution in [0.5, 0.6) is 0 Å². The summed E-state index contributed by atoms with van der Waals surface area (Å²) in [6.07, 6.45) is 3.26. The van der Waals surface area contributed by atoms with Gasteiger partial charge in [0.05, 0.1) is 12.2 Å². The van der Waals surface area contributed by atoms with Crippen LogP contribution in [-0.4, -0.2) is 44.1 Å². The molecule has 3 heterocycles. The Morgan fingerprint density at radius 3 is 2.83 bits per heavy atom. The largest absolute Gasteiger partial charge is 0.349 e. The smallest absolute Gasteiger partial charge is 0.275 e. The quantitative estimate of drug-likeness (QED) is 0.679. The Bertz CT molecular complexity index is 997. The van der Waals surface area contributed by atoms with Crippen molar-refractivity contribution < 1.29 is 9.59 Å². The van der Waals surface area contributed by atoms with Crippen molar-refractivity contribution >= 4 is 23.2 Å². The van der Waals surface area contributed by atoms with Crippen molar-refractivity contribution in [3.05, 3.63) is 59.4 Å². The summed E-state index contributed by atoms with van der Waals surface area (Å²) in [7, 11) is 0. The van der Waals surface area contributed by atoms with E-state index >= 15 is 0 Å². The molecular weight excluding hydrogens is 386 g/mol. The number of carbonyl (C=O) groups is 2. The van der Waals surface area contributed by atoms with Gasteiger partial charge in [-0.25, -0.2) is 4.98 Å². The maximum absolute atomic E-state index is 12.8. The molecule has 1 aliphatic rings. The first-order valence-electron chi connectivity index (χ1n) is 9.77. The molecule has 0 spiro atoms. The van der Waals surface area contributed by atoms with Crippen molar-refractivity contribution in [2.45, 2.75) is 38.9 Å². The first-order valence-corrected chi connectivity index (χ1v) is 10.7. The van der Waals surface area contributed by atoms with Crippen LogP contribution in [-0.2, 0) is 17.9 Å². The Balaban J connectivity index is 1.38. The summed E-state index contributed by atoms with van der Waals surface area (Å²) in [6, 6.07) is 11.2. The van der Waals surface area contributed by atoms with Crippen LogP contribution in [0.3, 0.4) is 0 Å². The van der Waals surface area contributed by atoms with Gasteiger partial charge in [-0.2, -0.15) is 5.10 Å². The fourth-order valence-corrected chi connectivity index (χ4v) is 4.30. The van der Waals surface area contributed by atoms with Crippen LogP contribution in [0.2, 0.25) is 0 Å². The summed E-state index contributed by atoms with van der Waals surface area (Å²) < 4.78 is 1.71. The van der Waals surface area contributed by atoms with Crippen LogP contribution in [0.4, 0.5) is 0 Å². The zero-order valence-electron chi connectivity index (χ0n) is 16.2. The van der Waals surface area contributed by atoms with Crippen molar-refractivity contribution in [2.24, 2.45) is 0 Å². The molecule has 0 bridgehead atoms. The molecule has 0 radical (unpaired) electrons. The average Bonchev–Trinajstić information content (AvgIpc) is 3.52. The number of aryl methyl sites for hydroxylation is 1. The van der Waals surface area contributed by atoms with E-state index in [2.05, 4.69) is 15.4 Å². The van der Waals surface area contributed by atoms with Gasteiger partial charge in [0.15, 0.2) is 0 Å². The van der Waals surface area contributed by atoms with E-state index < -0.39 is 6.04 Å². The summed E-state index contributed by atoms with van der Waals surface area (Å²) >= 11 is 1.56. The van der Waals surface area contributed by atoms with Gasteiger partial charge in [-0.3, -0.25) is 14.3 Å². The fraction of sp³-hybridized carbons (Fsp3) is 0.333. The van der Waals surface area contributed by atoms with Gasteiger partial charge in [-0.1, -0.05) is 30.3 Å². The third kappa shape index (κ3) is 4.22. The van der Waals surface area contributed by atoms with Gasteiger partial charge >= 0.3 is 0 Å². The number of nitrogens with one attached hydrogen (secondary N) is 1. The number of benzene rings is 1. The van der Waals surface area contributed by atoms with Gasteiger partial charge in [0, 0.05) is 30.2 Å². The minimum atomic E-state index is -0.457. The van der Waals surface area contributed by atoms with Crippen molar-refractivity contribution in [1.82, 2.24) is 25.0 Å². The van der Waals surface area contributed by atoms with Crippen LogP contribution in [0.15, 0.2) is 48.0 Å². The van der Waals surface area contributed by atoms with Gasteiger partial charge < -0.3 is 10.2 Å². The van der Waals surface area contributed by atoms with Gasteiger partial charge in [0.25, 0.3) is 5.91 Å². The predicted octanol–water partition coefficient (Wildman–Crippen LogP) is 2.95. The highest BCUT2D eigenvalue weighted by Crippen LogP contribution is 2.24. The van der Waals surface area contributed by atoms with E-state index in [0.717, 1.165) is 22.7 Å². The number of amides is 2. The molecule has 0 saturated carbocycles. The van der Waals surface area contributed by atoms with E-state index in [1.165, 1.54) is 0 Å². The number of nitrogens with zero attached hydrogens (tertiary/aromatic N) is 4. The minimum Gasteiger partial charge on any atom is -0.349 e. The van der Waals surface area contributed by atoms with E-state index in [0.29, 0.717) is 31.7 Å². The molecule has 29 heavy (non-hydrogen) atoms. The number of hydrogen-bond donors (Lipinski definition) is 1. The Morgan fingerprint density at radius 2 is 2.07 bits per heavy atom. The SMILES string of the molecule is CCn1ccc(C(=O)N2CCCC2C(=O)NCc2csc(-c3ccccc3)n2)n1.